The Kier molecular flexibility index (Phi) is 91.3. The molecule has 0 radical (unpaired) electrons. The van der Waals surface area contributed by atoms with Crippen molar-refractivity contribution in [3.8, 4) is 0 Å². The summed E-state index contributed by atoms with van der Waals surface area (Å²) in [7, 11) is 14.5. The average molecular weight is 1990 g/mol. The van der Waals surface area contributed by atoms with Crippen molar-refractivity contribution in [2.45, 2.75) is 436 Å². The minimum Gasteiger partial charge on any atom is -0.356 e. The van der Waals surface area contributed by atoms with Gasteiger partial charge in [0, 0.05) is 163 Å². The van der Waals surface area contributed by atoms with E-state index < -0.39 is 22.2 Å². The summed E-state index contributed by atoms with van der Waals surface area (Å²) in [5, 5.41) is 2.90. The fourth-order valence-corrected chi connectivity index (χ4v) is 13.2. The molecule has 6 amide bonds. The Morgan fingerprint density at radius 1 is 0.380 bits per heavy atom. The minimum atomic E-state index is -1.03. The van der Waals surface area contributed by atoms with E-state index >= 15 is 0 Å². The molecule has 4 aliphatic heterocycles. The lowest BCUT2D eigenvalue weighted by molar-refractivity contribution is -0.134. The number of unbranched alkanes of at least 4 members (excludes halogenated alkanes) is 2. The van der Waals surface area contributed by atoms with Crippen LogP contribution >= 0.6 is 0 Å². The summed E-state index contributed by atoms with van der Waals surface area (Å²) >= 11 is -2.05. The highest BCUT2D eigenvalue weighted by Gasteiger charge is 2.25. The van der Waals surface area contributed by atoms with Gasteiger partial charge in [-0.1, -0.05) is 319 Å². The predicted molar refractivity (Wildman–Crippen MR) is 603 cm³/mol. The number of amides is 6. The quantitative estimate of drug-likeness (QED) is 0.0763. The average Bonchev–Trinajstić information content (AvgIpc) is 0.889. The van der Waals surface area contributed by atoms with Gasteiger partial charge >= 0.3 is 0 Å². The van der Waals surface area contributed by atoms with E-state index in [4.69, 9.17) is 0 Å². The van der Waals surface area contributed by atoms with Gasteiger partial charge in [-0.2, -0.15) is 0 Å². The van der Waals surface area contributed by atoms with E-state index in [1.165, 1.54) is 175 Å². The van der Waals surface area contributed by atoms with Crippen LogP contribution in [0.3, 0.4) is 0 Å². The minimum absolute atomic E-state index is 0.102. The summed E-state index contributed by atoms with van der Waals surface area (Å²) in [6, 6.07) is 10.7. The Balaban J connectivity index is -0.000000222. The highest BCUT2D eigenvalue weighted by Crippen LogP contribution is 2.28. The van der Waals surface area contributed by atoms with Crippen LogP contribution in [-0.4, -0.2) is 267 Å². The van der Waals surface area contributed by atoms with E-state index in [1.54, 1.807) is 30.8 Å². The number of carbonyl (C=O) groups excluding carboxylic acids is 6. The zero-order valence-electron chi connectivity index (χ0n) is 100.0. The number of hydrogen-bond donors (Lipinski definition) is 1. The van der Waals surface area contributed by atoms with E-state index in [2.05, 4.69) is 292 Å². The first-order valence-corrected chi connectivity index (χ1v) is 56.4. The fraction of sp³-hybridized carbons (Fsp3) is 0.896. The predicted octanol–water partition coefficient (Wildman–Crippen LogP) is 27.0. The molecule has 1 aromatic carbocycles. The number of piperidine rings is 2. The van der Waals surface area contributed by atoms with Gasteiger partial charge in [-0.05, 0) is 217 Å². The molecule has 20 nitrogen and oxygen atoms in total. The molecule has 0 spiro atoms. The van der Waals surface area contributed by atoms with Crippen molar-refractivity contribution in [3.05, 3.63) is 35.9 Å². The number of benzene rings is 1. The zero-order valence-corrected chi connectivity index (χ0v) is 102. The molecule has 1 N–H and O–H groups in total. The summed E-state index contributed by atoms with van der Waals surface area (Å²) in [4.78, 5) is 87.3. The lowest BCUT2D eigenvalue weighted by Gasteiger charge is -2.33. The van der Waals surface area contributed by atoms with Crippen LogP contribution < -0.4 is 5.32 Å². The van der Waals surface area contributed by atoms with Gasteiger partial charge in [-0.25, -0.2) is 8.42 Å². The summed E-state index contributed by atoms with van der Waals surface area (Å²) in [5.41, 5.74) is 4.70. The maximum absolute atomic E-state index is 11.9. The molecule has 4 heterocycles. The Morgan fingerprint density at radius 3 is 0.985 bits per heavy atom. The van der Waals surface area contributed by atoms with Crippen LogP contribution in [0.15, 0.2) is 30.3 Å². The first kappa shape index (κ1) is 148. The summed E-state index contributed by atoms with van der Waals surface area (Å²) in [6.45, 7) is 101. The van der Waals surface area contributed by atoms with E-state index in [9.17, 15) is 37.2 Å². The number of nitrogens with zero attached hydrogens (tertiary/aromatic N) is 9. The summed E-state index contributed by atoms with van der Waals surface area (Å²) in [5.74, 6) is 2.97. The maximum atomic E-state index is 11.9. The molecule has 2 unspecified atom stereocenters. The van der Waals surface area contributed by atoms with Crippen LogP contribution in [0.2, 0.25) is 0 Å². The van der Waals surface area contributed by atoms with Gasteiger partial charge in [-0.15, -0.1) is 0 Å². The fourth-order valence-electron chi connectivity index (χ4n) is 12.2. The topological polar surface area (TPSA) is 196 Å². The number of nitrogens with one attached hydrogen (secondary N) is 1. The van der Waals surface area contributed by atoms with Gasteiger partial charge in [0.2, 0.25) is 35.4 Å². The smallest absolute Gasteiger partial charge is 0.224 e. The van der Waals surface area contributed by atoms with Crippen LogP contribution in [0, 0.1) is 60.6 Å². The third-order valence-electron chi connectivity index (χ3n) is 22.8. The number of hydrogen-bond acceptors (Lipinski definition) is 14. The Bertz CT molecular complexity index is 3020. The van der Waals surface area contributed by atoms with Gasteiger partial charge in [0.05, 0.1) is 14.2 Å². The normalized spacial score (nSPS) is 15.0. The molecule has 820 valence electrons. The zero-order chi connectivity index (χ0) is 108. The number of likely N-dealkylation sites (tertiary alicyclic amines) is 2. The molecule has 5 rings (SSSR count). The van der Waals surface area contributed by atoms with Crippen LogP contribution in [0.5, 0.6) is 0 Å². The summed E-state index contributed by atoms with van der Waals surface area (Å²) < 4.78 is 29.5. The maximum Gasteiger partial charge on any atom is 0.224 e. The van der Waals surface area contributed by atoms with Gasteiger partial charge in [0.25, 0.3) is 0 Å². The monoisotopic (exact) mass is 1980 g/mol. The molecule has 4 fully saturated rings. The van der Waals surface area contributed by atoms with Gasteiger partial charge < -0.3 is 49.4 Å². The highest BCUT2D eigenvalue weighted by molar-refractivity contribution is 7.80. The Morgan fingerprint density at radius 2 is 0.693 bits per heavy atom. The first-order valence-electron chi connectivity index (χ1n) is 53.9. The van der Waals surface area contributed by atoms with Crippen molar-refractivity contribution in [1.82, 2.24) is 49.4 Å². The molecule has 22 heteroatoms. The van der Waals surface area contributed by atoms with Crippen LogP contribution in [0.25, 0.3) is 0 Å². The Hall–Kier alpha value is -3.90. The van der Waals surface area contributed by atoms with E-state index in [-0.39, 0.29) is 51.7 Å². The number of rotatable bonds is 30. The Labute approximate surface area is 859 Å². The van der Waals surface area contributed by atoms with Crippen molar-refractivity contribution in [2.75, 3.05) is 179 Å². The van der Waals surface area contributed by atoms with Crippen LogP contribution in [-0.2, 0) is 65.7 Å². The van der Waals surface area contributed by atoms with E-state index in [0.717, 1.165) is 117 Å². The van der Waals surface area contributed by atoms with Crippen molar-refractivity contribution >= 4 is 57.6 Å². The van der Waals surface area contributed by atoms with Gasteiger partial charge in [0.15, 0.2) is 22.2 Å². The first-order chi connectivity index (χ1) is 62.7. The third-order valence-corrected chi connectivity index (χ3v) is 25.0. The second-order valence-corrected chi connectivity index (χ2v) is 52.8. The molecule has 0 bridgehead atoms. The van der Waals surface area contributed by atoms with E-state index in [0.29, 0.717) is 68.7 Å². The standard InChI is InChI=1S/C12H24N2O.C12H26N2.C12H23NO.C12H25N.C12H18.C11H23NO.C10H21NO.2C9H19NO.2C4H10O2S.2C4H10/c1-12(2,3)6-5-11(15)14-9-7-13(4)8-10-14;1-12(2,3)6-5-7-14-10-8-13(4)9-11-14;1-12(2,3)8-7-11(14)13-9-5-4-6-10-13;1-12(2,3)8-7-11-13-9-5-4-6-10-13;1-12(2,3)10-9-11-7-5-4-6-8-11;1-9(2)10(13)12(6)8-7-11(3,4)5;1-8(2)9(12)11-7-6-10(3,4)5;1-9(2,3)7-6-8(11)10(4)5;1-8(11)10(5)7-6-9(2,3)4;2*1-3-4-7(5)6-2;2*1-3-4-2/h5-10H2,1-4H3;5-11H2,1-4H3;4-10H2,1-3H3;4-11H2,1-3H3;4-8H,9-10H2,1-3H3;9H,7-8H2,1-6H3;8H,6-7H2,1-5H3,(H,11,12);2*6-7H2,1-5H3;2*3-4H2,1-2H3;2*3-4H2,1-2H3. The lowest BCUT2D eigenvalue weighted by atomic mass is 9.89. The van der Waals surface area contributed by atoms with E-state index in [1.807, 2.05) is 70.3 Å². The van der Waals surface area contributed by atoms with Gasteiger partial charge in [-0.3, -0.25) is 37.1 Å². The molecule has 0 aliphatic carbocycles. The van der Waals surface area contributed by atoms with Gasteiger partial charge in [0.1, 0.15) is 0 Å². The number of piperazine rings is 2. The second-order valence-electron chi connectivity index (χ2n) is 50.1. The largest absolute Gasteiger partial charge is 0.356 e. The molecule has 1 aromatic rings. The second kappa shape index (κ2) is 84.3. The third kappa shape index (κ3) is 119. The molecular formula is C115H238N10O10S2. The molecule has 4 saturated heterocycles. The van der Waals surface area contributed by atoms with Crippen molar-refractivity contribution in [3.63, 3.8) is 0 Å². The highest BCUT2D eigenvalue weighted by atomic mass is 32.2. The SMILES string of the molecule is CC(=O)N(C)CCC(C)(C)C.CC(C)(C)CCC(=O)N1CCCCC1.CC(C)(C)CCCN1CCCCC1.CC(C)(C)CCc1ccccc1.CC(C)C(=O)N(C)CCC(C)(C)C.CC(C)C(=O)NCCC(C)(C)C.CCCC.CCCC.CCCS(=O)OC.CCCS(=O)OC.CN(C)C(=O)CCC(C)(C)C.CN1CCN(C(=O)CCC(C)(C)C)CC1.CN1CCN(CCCC(C)(C)C)CC1. The molecule has 0 saturated carbocycles. The molecule has 137 heavy (non-hydrogen) atoms. The lowest BCUT2D eigenvalue weighted by Crippen LogP contribution is -2.47. The van der Waals surface area contributed by atoms with Crippen molar-refractivity contribution < 1.29 is 45.6 Å². The molecular weight excluding hydrogens is 1750 g/mol. The number of aryl methyl sites for hydroxylation is 1. The number of carbonyl (C=O) groups is 6. The van der Waals surface area contributed by atoms with Crippen molar-refractivity contribution in [1.29, 1.82) is 0 Å². The molecule has 2 atom stereocenters. The van der Waals surface area contributed by atoms with Crippen molar-refractivity contribution in [2.24, 2.45) is 60.6 Å². The molecule has 0 aromatic heterocycles. The molecule has 4 aliphatic rings. The van der Waals surface area contributed by atoms with Crippen LogP contribution in [0.1, 0.15) is 436 Å². The van der Waals surface area contributed by atoms with Crippen LogP contribution in [0.4, 0.5) is 0 Å². The number of likely N-dealkylation sites (N-methyl/N-ethyl adjacent to an activating group) is 2. The summed E-state index contributed by atoms with van der Waals surface area (Å²) in [6.07, 6.45) is 31.2.